The van der Waals surface area contributed by atoms with Crippen molar-refractivity contribution in [1.29, 1.82) is 0 Å². The molecule has 0 aliphatic rings. The van der Waals surface area contributed by atoms with Crippen LogP contribution in [0.2, 0.25) is 0 Å². The fourth-order valence-electron chi connectivity index (χ4n) is 1.54. The van der Waals surface area contributed by atoms with Gasteiger partial charge < -0.3 is 11.1 Å². The highest BCUT2D eigenvalue weighted by Crippen LogP contribution is 2.24. The zero-order valence-corrected chi connectivity index (χ0v) is 10.7. The van der Waals surface area contributed by atoms with Crippen LogP contribution < -0.4 is 11.1 Å². The first-order chi connectivity index (χ1) is 8.10. The number of amides is 1. The van der Waals surface area contributed by atoms with Gasteiger partial charge >= 0.3 is 0 Å². The molecule has 0 unspecified atom stereocenters. The minimum Gasteiger partial charge on any atom is -0.325 e. The summed E-state index contributed by atoms with van der Waals surface area (Å²) < 4.78 is 1.07. The van der Waals surface area contributed by atoms with E-state index in [9.17, 15) is 4.79 Å². The summed E-state index contributed by atoms with van der Waals surface area (Å²) in [6, 6.07) is 5.24. The zero-order chi connectivity index (χ0) is 12.4. The Morgan fingerprint density at radius 3 is 3.06 bits per heavy atom. The smallest absolute Gasteiger partial charge is 0.241 e. The van der Waals surface area contributed by atoms with Gasteiger partial charge in [-0.25, -0.2) is 4.98 Å². The Bertz CT molecular complexity index is 550. The number of fused-ring (bicyclic) bond motifs is 1. The van der Waals surface area contributed by atoms with Gasteiger partial charge in [0.25, 0.3) is 0 Å². The molecule has 0 saturated carbocycles. The number of nitrogens with two attached hydrogens (primary N) is 1. The van der Waals surface area contributed by atoms with Crippen molar-refractivity contribution in [2.24, 2.45) is 5.73 Å². The van der Waals surface area contributed by atoms with E-state index in [1.165, 1.54) is 0 Å². The summed E-state index contributed by atoms with van der Waals surface area (Å²) in [7, 11) is 0. The molecule has 0 saturated heterocycles. The second-order valence-corrected chi connectivity index (χ2v) is 5.15. The standard InChI is InChI=1S/C12H15N3OS/c1-3-9(13)12(16)15-8-4-5-10-11(6-8)17-7(2)14-10/h4-6,9H,3,13H2,1-2H3,(H,15,16)/t9-/m0/s1. The van der Waals surface area contributed by atoms with Crippen molar-refractivity contribution in [2.45, 2.75) is 26.3 Å². The fraction of sp³-hybridized carbons (Fsp3) is 0.333. The molecule has 0 spiro atoms. The molecule has 1 aromatic carbocycles. The molecule has 5 heteroatoms. The zero-order valence-electron chi connectivity index (χ0n) is 9.86. The SMILES string of the molecule is CC[C@H](N)C(=O)Nc1ccc2nc(C)sc2c1. The van der Waals surface area contributed by atoms with Crippen LogP contribution in [-0.2, 0) is 4.79 Å². The summed E-state index contributed by atoms with van der Waals surface area (Å²) >= 11 is 1.61. The molecule has 3 N–H and O–H groups in total. The van der Waals surface area contributed by atoms with Gasteiger partial charge in [0.2, 0.25) is 5.91 Å². The van der Waals surface area contributed by atoms with E-state index in [4.69, 9.17) is 5.73 Å². The first-order valence-electron chi connectivity index (χ1n) is 5.53. The summed E-state index contributed by atoms with van der Waals surface area (Å²) in [6.07, 6.45) is 0.633. The van der Waals surface area contributed by atoms with Crippen LogP contribution in [0.4, 0.5) is 5.69 Å². The van der Waals surface area contributed by atoms with Crippen LogP contribution in [0.1, 0.15) is 18.4 Å². The Hall–Kier alpha value is -1.46. The van der Waals surface area contributed by atoms with Gasteiger partial charge in [0.15, 0.2) is 0 Å². The van der Waals surface area contributed by atoms with E-state index >= 15 is 0 Å². The average molecular weight is 249 g/mol. The quantitative estimate of drug-likeness (QED) is 0.877. The van der Waals surface area contributed by atoms with Crippen LogP contribution in [0, 0.1) is 6.92 Å². The minimum absolute atomic E-state index is 0.145. The predicted molar refractivity (Wildman–Crippen MR) is 71.3 cm³/mol. The number of hydrogen-bond donors (Lipinski definition) is 2. The molecular formula is C12H15N3OS. The fourth-order valence-corrected chi connectivity index (χ4v) is 2.40. The minimum atomic E-state index is -0.450. The molecule has 1 heterocycles. The van der Waals surface area contributed by atoms with Crippen LogP contribution in [-0.4, -0.2) is 16.9 Å². The number of anilines is 1. The van der Waals surface area contributed by atoms with Crippen LogP contribution in [0.15, 0.2) is 18.2 Å². The molecule has 1 aromatic heterocycles. The van der Waals surface area contributed by atoms with Crippen LogP contribution in [0.5, 0.6) is 0 Å². The van der Waals surface area contributed by atoms with Crippen molar-refractivity contribution in [3.8, 4) is 0 Å². The molecular weight excluding hydrogens is 234 g/mol. The van der Waals surface area contributed by atoms with E-state index in [2.05, 4.69) is 10.3 Å². The molecule has 0 fully saturated rings. The summed E-state index contributed by atoms with van der Waals surface area (Å²) in [5.41, 5.74) is 7.40. The van der Waals surface area contributed by atoms with Gasteiger partial charge in [-0.15, -0.1) is 11.3 Å². The number of carbonyl (C=O) groups is 1. The molecule has 1 atom stereocenters. The van der Waals surface area contributed by atoms with E-state index in [1.807, 2.05) is 32.0 Å². The second-order valence-electron chi connectivity index (χ2n) is 3.92. The van der Waals surface area contributed by atoms with Crippen molar-refractivity contribution >= 4 is 33.1 Å². The molecule has 1 amide bonds. The maximum Gasteiger partial charge on any atom is 0.241 e. The van der Waals surface area contributed by atoms with E-state index in [0.29, 0.717) is 6.42 Å². The van der Waals surface area contributed by atoms with Gasteiger partial charge in [-0.1, -0.05) is 6.92 Å². The number of benzene rings is 1. The largest absolute Gasteiger partial charge is 0.325 e. The Kier molecular flexibility index (Phi) is 3.40. The van der Waals surface area contributed by atoms with Crippen molar-refractivity contribution in [2.75, 3.05) is 5.32 Å². The van der Waals surface area contributed by atoms with Gasteiger partial charge in [-0.2, -0.15) is 0 Å². The van der Waals surface area contributed by atoms with Gasteiger partial charge in [0.1, 0.15) is 0 Å². The third-order valence-electron chi connectivity index (χ3n) is 2.54. The molecule has 0 aliphatic carbocycles. The van der Waals surface area contributed by atoms with Crippen molar-refractivity contribution in [3.63, 3.8) is 0 Å². The second kappa shape index (κ2) is 4.81. The Morgan fingerprint density at radius 1 is 1.59 bits per heavy atom. The molecule has 4 nitrogen and oxygen atoms in total. The maximum atomic E-state index is 11.6. The topological polar surface area (TPSA) is 68.0 Å². The number of rotatable bonds is 3. The molecule has 0 radical (unpaired) electrons. The van der Waals surface area contributed by atoms with E-state index in [1.54, 1.807) is 11.3 Å². The number of hydrogen-bond acceptors (Lipinski definition) is 4. The molecule has 2 rings (SSSR count). The molecule has 17 heavy (non-hydrogen) atoms. The molecule has 90 valence electrons. The van der Waals surface area contributed by atoms with Gasteiger partial charge in [0, 0.05) is 5.69 Å². The lowest BCUT2D eigenvalue weighted by Gasteiger charge is -2.09. The highest BCUT2D eigenvalue weighted by Gasteiger charge is 2.11. The lowest BCUT2D eigenvalue weighted by Crippen LogP contribution is -2.34. The number of aryl methyl sites for hydroxylation is 1. The van der Waals surface area contributed by atoms with E-state index in [-0.39, 0.29) is 5.91 Å². The van der Waals surface area contributed by atoms with E-state index < -0.39 is 6.04 Å². The predicted octanol–water partition coefficient (Wildman–Crippen LogP) is 2.28. The van der Waals surface area contributed by atoms with E-state index in [0.717, 1.165) is 20.9 Å². The van der Waals surface area contributed by atoms with Gasteiger partial charge in [0.05, 0.1) is 21.3 Å². The first-order valence-corrected chi connectivity index (χ1v) is 6.35. The highest BCUT2D eigenvalue weighted by atomic mass is 32.1. The monoisotopic (exact) mass is 249 g/mol. The van der Waals surface area contributed by atoms with Crippen molar-refractivity contribution in [1.82, 2.24) is 4.98 Å². The summed E-state index contributed by atoms with van der Waals surface area (Å²) in [5, 5.41) is 3.83. The third kappa shape index (κ3) is 2.62. The van der Waals surface area contributed by atoms with Crippen molar-refractivity contribution in [3.05, 3.63) is 23.2 Å². The lowest BCUT2D eigenvalue weighted by molar-refractivity contribution is -0.117. The summed E-state index contributed by atoms with van der Waals surface area (Å²) in [4.78, 5) is 16.0. The Labute approximate surface area is 104 Å². The lowest BCUT2D eigenvalue weighted by atomic mass is 10.2. The Balaban J connectivity index is 2.22. The summed E-state index contributed by atoms with van der Waals surface area (Å²) in [6.45, 7) is 3.86. The van der Waals surface area contributed by atoms with Gasteiger partial charge in [-0.3, -0.25) is 4.79 Å². The average Bonchev–Trinajstić information content (AvgIpc) is 2.67. The first kappa shape index (κ1) is 12.0. The molecule has 0 aliphatic heterocycles. The highest BCUT2D eigenvalue weighted by molar-refractivity contribution is 7.18. The number of aromatic nitrogens is 1. The number of thiazole rings is 1. The molecule has 0 bridgehead atoms. The van der Waals surface area contributed by atoms with Gasteiger partial charge in [-0.05, 0) is 31.5 Å². The maximum absolute atomic E-state index is 11.6. The third-order valence-corrected chi connectivity index (χ3v) is 3.47. The Morgan fingerprint density at radius 2 is 2.35 bits per heavy atom. The summed E-state index contributed by atoms with van der Waals surface area (Å²) in [5.74, 6) is -0.145. The normalized spacial score (nSPS) is 12.6. The van der Waals surface area contributed by atoms with Crippen molar-refractivity contribution < 1.29 is 4.79 Å². The van der Waals surface area contributed by atoms with Crippen LogP contribution in [0.3, 0.4) is 0 Å². The molecule has 2 aromatic rings. The number of nitrogens with one attached hydrogen (secondary N) is 1. The number of carbonyl (C=O) groups excluding carboxylic acids is 1. The van der Waals surface area contributed by atoms with Crippen LogP contribution in [0.25, 0.3) is 10.2 Å². The number of nitrogens with zero attached hydrogens (tertiary/aromatic N) is 1. The van der Waals surface area contributed by atoms with Crippen LogP contribution >= 0.6 is 11.3 Å².